The van der Waals surface area contributed by atoms with E-state index in [0.717, 1.165) is 14.8 Å². The van der Waals surface area contributed by atoms with Crippen molar-refractivity contribution < 1.29 is 9.95 Å². The summed E-state index contributed by atoms with van der Waals surface area (Å²) >= 11 is 3.34. The summed E-state index contributed by atoms with van der Waals surface area (Å²) in [5.41, 5.74) is 2.45. The molecular formula is C13H17BrN2O2. The van der Waals surface area contributed by atoms with Crippen molar-refractivity contribution in [3.8, 4) is 0 Å². The molecule has 0 unspecified atom stereocenters. The van der Waals surface area contributed by atoms with Gasteiger partial charge in [0.25, 0.3) is 0 Å². The highest BCUT2D eigenvalue weighted by atomic mass is 79.9. The Morgan fingerprint density at radius 2 is 1.94 bits per heavy atom. The Morgan fingerprint density at radius 3 is 2.39 bits per heavy atom. The van der Waals surface area contributed by atoms with Gasteiger partial charge in [0, 0.05) is 23.9 Å². The molecule has 0 saturated heterocycles. The minimum Gasteiger partial charge on any atom is -0.623 e. The fraction of sp³-hybridized carbons (Fsp3) is 0.308. The van der Waals surface area contributed by atoms with Crippen LogP contribution in [0.2, 0.25) is 0 Å². The van der Waals surface area contributed by atoms with Gasteiger partial charge in [0.15, 0.2) is 6.21 Å². The minimum absolute atomic E-state index is 0.450. The highest BCUT2D eigenvalue weighted by Crippen LogP contribution is 2.17. The Kier molecular flexibility index (Phi) is 4.93. The van der Waals surface area contributed by atoms with Crippen LogP contribution in [0, 0.1) is 5.21 Å². The molecule has 0 aromatic heterocycles. The smallest absolute Gasteiger partial charge is 0.208 e. The maximum absolute atomic E-state index is 12.1. The Morgan fingerprint density at radius 1 is 1.39 bits per heavy atom. The zero-order chi connectivity index (χ0) is 13.8. The van der Waals surface area contributed by atoms with Crippen LogP contribution in [0.25, 0.3) is 0 Å². The van der Waals surface area contributed by atoms with E-state index in [-0.39, 0.29) is 0 Å². The number of nitrogens with one attached hydrogen (secondary N) is 1. The largest absolute Gasteiger partial charge is 0.623 e. The second kappa shape index (κ2) is 6.02. The molecule has 98 valence electrons. The summed E-state index contributed by atoms with van der Waals surface area (Å²) in [5, 5.41) is 21.1. The molecule has 0 heterocycles. The molecule has 5 heteroatoms. The Labute approximate surface area is 115 Å². The summed E-state index contributed by atoms with van der Waals surface area (Å²) in [7, 11) is 0. The maximum Gasteiger partial charge on any atom is 0.208 e. The van der Waals surface area contributed by atoms with E-state index in [4.69, 9.17) is 5.21 Å². The molecule has 1 aromatic carbocycles. The van der Waals surface area contributed by atoms with Gasteiger partial charge in [-0.05, 0) is 31.2 Å². The average molecular weight is 313 g/mol. The Bertz CT molecular complexity index is 464. The van der Waals surface area contributed by atoms with Crippen molar-refractivity contribution in [2.45, 2.75) is 26.3 Å². The van der Waals surface area contributed by atoms with Crippen LogP contribution >= 0.6 is 15.9 Å². The molecule has 0 atom stereocenters. The van der Waals surface area contributed by atoms with Crippen LogP contribution in [0.4, 0.5) is 0 Å². The third kappa shape index (κ3) is 3.34. The number of hydroxylamine groups is 2. The van der Waals surface area contributed by atoms with Crippen molar-refractivity contribution in [1.82, 2.24) is 5.48 Å². The summed E-state index contributed by atoms with van der Waals surface area (Å²) in [6.07, 6.45) is 3.16. The monoisotopic (exact) mass is 312 g/mol. The predicted molar refractivity (Wildman–Crippen MR) is 75.7 cm³/mol. The minimum atomic E-state index is -0.865. The van der Waals surface area contributed by atoms with E-state index in [1.807, 2.05) is 24.3 Å². The van der Waals surface area contributed by atoms with Gasteiger partial charge in [-0.1, -0.05) is 22.0 Å². The molecule has 0 saturated carbocycles. The van der Waals surface area contributed by atoms with Crippen LogP contribution in [0.3, 0.4) is 0 Å². The van der Waals surface area contributed by atoms with Crippen molar-refractivity contribution in [3.05, 3.63) is 51.3 Å². The van der Waals surface area contributed by atoms with Gasteiger partial charge in [0.2, 0.25) is 5.54 Å². The predicted octanol–water partition coefficient (Wildman–Crippen LogP) is 3.04. The molecule has 0 aliphatic heterocycles. The van der Waals surface area contributed by atoms with E-state index < -0.39 is 5.54 Å². The van der Waals surface area contributed by atoms with Gasteiger partial charge >= 0.3 is 0 Å². The molecule has 0 bridgehead atoms. The number of rotatable bonds is 4. The van der Waals surface area contributed by atoms with Gasteiger partial charge in [-0.25, -0.2) is 4.74 Å². The highest BCUT2D eigenvalue weighted by Gasteiger charge is 2.31. The van der Waals surface area contributed by atoms with Crippen molar-refractivity contribution in [2.24, 2.45) is 0 Å². The molecule has 18 heavy (non-hydrogen) atoms. The SMILES string of the molecule is C/C=C(/NO)C(C)(C)/[N+]([O-])=C/c1ccc(Br)cc1. The molecule has 0 amide bonds. The van der Waals surface area contributed by atoms with E-state index in [0.29, 0.717) is 5.70 Å². The average Bonchev–Trinajstić information content (AvgIpc) is 2.33. The normalized spacial score (nSPS) is 13.6. The van der Waals surface area contributed by atoms with Gasteiger partial charge in [-0.2, -0.15) is 0 Å². The van der Waals surface area contributed by atoms with Crippen LogP contribution in [-0.4, -0.2) is 21.7 Å². The van der Waals surface area contributed by atoms with E-state index in [1.165, 1.54) is 6.21 Å². The van der Waals surface area contributed by atoms with Gasteiger partial charge in [-0.3, -0.25) is 10.7 Å². The number of hydrogen-bond donors (Lipinski definition) is 2. The first kappa shape index (κ1) is 14.7. The topological polar surface area (TPSA) is 58.3 Å². The van der Waals surface area contributed by atoms with Crippen LogP contribution in [0.15, 0.2) is 40.5 Å². The number of nitrogens with zero attached hydrogens (tertiary/aromatic N) is 1. The summed E-state index contributed by atoms with van der Waals surface area (Å²) in [6.45, 7) is 5.22. The summed E-state index contributed by atoms with van der Waals surface area (Å²) in [5.74, 6) is 0. The number of benzene rings is 1. The molecule has 0 aliphatic carbocycles. The first-order chi connectivity index (χ1) is 8.41. The Hall–Kier alpha value is -1.33. The lowest BCUT2D eigenvalue weighted by molar-refractivity contribution is -0.525. The van der Waals surface area contributed by atoms with E-state index in [1.54, 1.807) is 26.8 Å². The lowest BCUT2D eigenvalue weighted by Crippen LogP contribution is -2.40. The molecule has 1 aromatic rings. The maximum atomic E-state index is 12.1. The van der Waals surface area contributed by atoms with Gasteiger partial charge in [-0.15, -0.1) is 0 Å². The molecule has 2 N–H and O–H groups in total. The van der Waals surface area contributed by atoms with E-state index >= 15 is 0 Å². The second-order valence-corrected chi connectivity index (χ2v) is 5.30. The zero-order valence-electron chi connectivity index (χ0n) is 10.6. The van der Waals surface area contributed by atoms with Crippen molar-refractivity contribution >= 4 is 22.1 Å². The molecule has 4 nitrogen and oxygen atoms in total. The second-order valence-electron chi connectivity index (χ2n) is 4.38. The lowest BCUT2D eigenvalue weighted by Gasteiger charge is -2.25. The molecule has 0 spiro atoms. The zero-order valence-corrected chi connectivity index (χ0v) is 12.2. The summed E-state index contributed by atoms with van der Waals surface area (Å²) in [4.78, 5) is 0. The van der Waals surface area contributed by atoms with Crippen molar-refractivity contribution in [2.75, 3.05) is 0 Å². The van der Waals surface area contributed by atoms with Crippen LogP contribution in [0.5, 0.6) is 0 Å². The standard InChI is InChI=1S/C13H17BrN2O2/c1-4-12(15-17)13(2,3)16(18)9-10-5-7-11(14)8-6-10/h4-9,15,17H,1-3H3/b12-4+,16-9-. The van der Waals surface area contributed by atoms with Crippen LogP contribution < -0.4 is 5.48 Å². The number of allylic oxidation sites excluding steroid dienone is 1. The molecule has 0 aliphatic rings. The van der Waals surface area contributed by atoms with Gasteiger partial charge in [0.1, 0.15) is 5.70 Å². The van der Waals surface area contributed by atoms with Crippen molar-refractivity contribution in [1.29, 1.82) is 0 Å². The quantitative estimate of drug-likeness (QED) is 0.389. The Balaban J connectivity index is 3.05. The molecule has 0 radical (unpaired) electrons. The lowest BCUT2D eigenvalue weighted by atomic mass is 10.0. The number of halogens is 1. The highest BCUT2D eigenvalue weighted by molar-refractivity contribution is 9.10. The molecule has 0 fully saturated rings. The molecular weight excluding hydrogens is 296 g/mol. The van der Waals surface area contributed by atoms with Gasteiger partial charge in [0.05, 0.1) is 0 Å². The van der Waals surface area contributed by atoms with Gasteiger partial charge < -0.3 is 5.21 Å². The summed E-state index contributed by atoms with van der Waals surface area (Å²) < 4.78 is 1.77. The first-order valence-corrected chi connectivity index (χ1v) is 6.35. The van der Waals surface area contributed by atoms with E-state index in [2.05, 4.69) is 21.4 Å². The van der Waals surface area contributed by atoms with E-state index in [9.17, 15) is 5.21 Å². The van der Waals surface area contributed by atoms with Crippen molar-refractivity contribution in [3.63, 3.8) is 0 Å². The first-order valence-electron chi connectivity index (χ1n) is 5.55. The third-order valence-electron chi connectivity index (χ3n) is 2.76. The van der Waals surface area contributed by atoms with Crippen LogP contribution in [0.1, 0.15) is 26.3 Å². The fourth-order valence-corrected chi connectivity index (χ4v) is 1.78. The third-order valence-corrected chi connectivity index (χ3v) is 3.28. The number of hydrogen-bond acceptors (Lipinski definition) is 3. The molecule has 1 rings (SSSR count). The van der Waals surface area contributed by atoms with Crippen LogP contribution in [-0.2, 0) is 0 Å². The fourth-order valence-electron chi connectivity index (χ4n) is 1.52. The summed E-state index contributed by atoms with van der Waals surface area (Å²) in [6, 6.07) is 7.42.